The SMILES string of the molecule is C#CCC(CC)NC(C)C1CCOCC1. The molecule has 1 aliphatic rings. The van der Waals surface area contributed by atoms with Gasteiger partial charge in [0.25, 0.3) is 0 Å². The van der Waals surface area contributed by atoms with Gasteiger partial charge < -0.3 is 10.1 Å². The fourth-order valence-electron chi connectivity index (χ4n) is 2.19. The molecule has 0 aromatic rings. The highest BCUT2D eigenvalue weighted by atomic mass is 16.5. The maximum Gasteiger partial charge on any atom is 0.0469 e. The van der Waals surface area contributed by atoms with Crippen molar-refractivity contribution in [2.45, 2.75) is 51.6 Å². The fraction of sp³-hybridized carbons (Fsp3) is 0.846. The maximum absolute atomic E-state index is 5.37. The molecule has 0 aromatic heterocycles. The lowest BCUT2D eigenvalue weighted by molar-refractivity contribution is 0.0544. The van der Waals surface area contributed by atoms with E-state index in [2.05, 4.69) is 25.1 Å². The van der Waals surface area contributed by atoms with Gasteiger partial charge in [0.1, 0.15) is 0 Å². The second-order valence-corrected chi connectivity index (χ2v) is 4.42. The van der Waals surface area contributed by atoms with Gasteiger partial charge in [-0.25, -0.2) is 0 Å². The average Bonchev–Trinajstić information content (AvgIpc) is 2.29. The molecule has 2 unspecified atom stereocenters. The Hall–Kier alpha value is -0.520. The van der Waals surface area contributed by atoms with E-state index in [0.29, 0.717) is 12.1 Å². The molecule has 0 spiro atoms. The van der Waals surface area contributed by atoms with Gasteiger partial charge in [-0.05, 0) is 32.1 Å². The fourth-order valence-corrected chi connectivity index (χ4v) is 2.19. The molecule has 86 valence electrons. The number of hydrogen-bond donors (Lipinski definition) is 1. The first-order valence-corrected chi connectivity index (χ1v) is 6.05. The second kappa shape index (κ2) is 6.87. The van der Waals surface area contributed by atoms with Gasteiger partial charge in [0.15, 0.2) is 0 Å². The molecule has 0 amide bonds. The number of terminal acetylenes is 1. The van der Waals surface area contributed by atoms with Crippen LogP contribution >= 0.6 is 0 Å². The molecule has 15 heavy (non-hydrogen) atoms. The molecule has 1 aliphatic heterocycles. The molecule has 2 atom stereocenters. The Labute approximate surface area is 93.8 Å². The molecular weight excluding hydrogens is 186 g/mol. The van der Waals surface area contributed by atoms with Gasteiger partial charge in [0, 0.05) is 31.7 Å². The lowest BCUT2D eigenvalue weighted by Crippen LogP contribution is -2.42. The maximum atomic E-state index is 5.37. The molecule has 0 aliphatic carbocycles. The van der Waals surface area contributed by atoms with Crippen LogP contribution in [0.2, 0.25) is 0 Å². The molecule has 1 saturated heterocycles. The highest BCUT2D eigenvalue weighted by molar-refractivity contribution is 4.90. The number of nitrogens with one attached hydrogen (secondary N) is 1. The van der Waals surface area contributed by atoms with Crippen molar-refractivity contribution in [2.24, 2.45) is 5.92 Å². The summed E-state index contributed by atoms with van der Waals surface area (Å²) in [7, 11) is 0. The van der Waals surface area contributed by atoms with Crippen LogP contribution in [0.3, 0.4) is 0 Å². The van der Waals surface area contributed by atoms with Gasteiger partial charge in [-0.1, -0.05) is 6.92 Å². The molecule has 1 rings (SSSR count). The molecular formula is C13H23NO. The van der Waals surface area contributed by atoms with E-state index in [1.54, 1.807) is 0 Å². The Morgan fingerprint density at radius 2 is 2.13 bits per heavy atom. The van der Waals surface area contributed by atoms with Gasteiger partial charge in [-0.15, -0.1) is 12.3 Å². The van der Waals surface area contributed by atoms with E-state index in [-0.39, 0.29) is 0 Å². The second-order valence-electron chi connectivity index (χ2n) is 4.42. The van der Waals surface area contributed by atoms with E-state index in [0.717, 1.165) is 32.0 Å². The first-order chi connectivity index (χ1) is 7.27. The summed E-state index contributed by atoms with van der Waals surface area (Å²) in [5.41, 5.74) is 0. The zero-order chi connectivity index (χ0) is 11.1. The smallest absolute Gasteiger partial charge is 0.0469 e. The Morgan fingerprint density at radius 1 is 1.47 bits per heavy atom. The lowest BCUT2D eigenvalue weighted by Gasteiger charge is -2.31. The predicted molar refractivity (Wildman–Crippen MR) is 63.7 cm³/mol. The largest absolute Gasteiger partial charge is 0.381 e. The molecule has 0 saturated carbocycles. The molecule has 0 radical (unpaired) electrons. The number of hydrogen-bond acceptors (Lipinski definition) is 2. The molecule has 1 N–H and O–H groups in total. The van der Waals surface area contributed by atoms with Gasteiger partial charge in [-0.3, -0.25) is 0 Å². The quantitative estimate of drug-likeness (QED) is 0.701. The normalized spacial score (nSPS) is 21.9. The summed E-state index contributed by atoms with van der Waals surface area (Å²) < 4.78 is 5.37. The number of rotatable bonds is 5. The summed E-state index contributed by atoms with van der Waals surface area (Å²) in [4.78, 5) is 0. The van der Waals surface area contributed by atoms with Gasteiger partial charge in [0.05, 0.1) is 0 Å². The van der Waals surface area contributed by atoms with Crippen molar-refractivity contribution < 1.29 is 4.74 Å². The summed E-state index contributed by atoms with van der Waals surface area (Å²) >= 11 is 0. The predicted octanol–water partition coefficient (Wildman–Crippen LogP) is 2.19. The van der Waals surface area contributed by atoms with Crippen LogP contribution < -0.4 is 5.32 Å². The van der Waals surface area contributed by atoms with Crippen molar-refractivity contribution in [2.75, 3.05) is 13.2 Å². The minimum absolute atomic E-state index is 0.479. The van der Waals surface area contributed by atoms with Crippen molar-refractivity contribution in [1.29, 1.82) is 0 Å². The van der Waals surface area contributed by atoms with E-state index in [1.165, 1.54) is 12.8 Å². The van der Waals surface area contributed by atoms with Gasteiger partial charge >= 0.3 is 0 Å². The summed E-state index contributed by atoms with van der Waals surface area (Å²) in [6.07, 6.45) is 9.66. The summed E-state index contributed by atoms with van der Waals surface area (Å²) in [5, 5.41) is 3.64. The van der Waals surface area contributed by atoms with E-state index in [1.807, 2.05) is 0 Å². The van der Waals surface area contributed by atoms with Crippen LogP contribution in [0.4, 0.5) is 0 Å². The van der Waals surface area contributed by atoms with Crippen molar-refractivity contribution in [3.8, 4) is 12.3 Å². The topological polar surface area (TPSA) is 21.3 Å². The van der Waals surface area contributed by atoms with Crippen LogP contribution in [0.1, 0.15) is 39.5 Å². The highest BCUT2D eigenvalue weighted by Gasteiger charge is 2.21. The zero-order valence-electron chi connectivity index (χ0n) is 9.96. The van der Waals surface area contributed by atoms with Crippen molar-refractivity contribution in [3.05, 3.63) is 0 Å². The van der Waals surface area contributed by atoms with Crippen LogP contribution in [-0.2, 0) is 4.74 Å². The van der Waals surface area contributed by atoms with E-state index < -0.39 is 0 Å². The molecule has 2 heteroatoms. The average molecular weight is 209 g/mol. The number of ether oxygens (including phenoxy) is 1. The standard InChI is InChI=1S/C13H23NO/c1-4-6-13(5-2)14-11(3)12-7-9-15-10-8-12/h1,11-14H,5-10H2,2-3H3. The van der Waals surface area contributed by atoms with E-state index >= 15 is 0 Å². The molecule has 0 bridgehead atoms. The van der Waals surface area contributed by atoms with E-state index in [4.69, 9.17) is 11.2 Å². The van der Waals surface area contributed by atoms with Crippen LogP contribution in [0.25, 0.3) is 0 Å². The summed E-state index contributed by atoms with van der Waals surface area (Å²) in [5.74, 6) is 3.49. The monoisotopic (exact) mass is 209 g/mol. The van der Waals surface area contributed by atoms with Crippen LogP contribution in [0.15, 0.2) is 0 Å². The van der Waals surface area contributed by atoms with Gasteiger partial charge in [0.2, 0.25) is 0 Å². The Balaban J connectivity index is 2.32. The summed E-state index contributed by atoms with van der Waals surface area (Å²) in [6, 6.07) is 1.04. The first kappa shape index (κ1) is 12.5. The highest BCUT2D eigenvalue weighted by Crippen LogP contribution is 2.19. The third-order valence-corrected chi connectivity index (χ3v) is 3.33. The molecule has 2 nitrogen and oxygen atoms in total. The third-order valence-electron chi connectivity index (χ3n) is 3.33. The van der Waals surface area contributed by atoms with E-state index in [9.17, 15) is 0 Å². The van der Waals surface area contributed by atoms with Crippen LogP contribution in [0.5, 0.6) is 0 Å². The summed E-state index contributed by atoms with van der Waals surface area (Å²) in [6.45, 7) is 6.30. The minimum Gasteiger partial charge on any atom is -0.381 e. The molecule has 0 aromatic carbocycles. The minimum atomic E-state index is 0.479. The third kappa shape index (κ3) is 4.24. The Kier molecular flexibility index (Phi) is 5.75. The lowest BCUT2D eigenvalue weighted by atomic mass is 9.92. The molecule has 1 fully saturated rings. The Bertz CT molecular complexity index is 203. The molecule has 1 heterocycles. The van der Waals surface area contributed by atoms with Gasteiger partial charge in [-0.2, -0.15) is 0 Å². The van der Waals surface area contributed by atoms with Crippen molar-refractivity contribution >= 4 is 0 Å². The van der Waals surface area contributed by atoms with Crippen LogP contribution in [0, 0.1) is 18.3 Å². The van der Waals surface area contributed by atoms with Crippen molar-refractivity contribution in [1.82, 2.24) is 5.32 Å². The van der Waals surface area contributed by atoms with Crippen LogP contribution in [-0.4, -0.2) is 25.3 Å². The first-order valence-electron chi connectivity index (χ1n) is 6.05. The van der Waals surface area contributed by atoms with Crippen molar-refractivity contribution in [3.63, 3.8) is 0 Å². The Morgan fingerprint density at radius 3 is 2.67 bits per heavy atom. The zero-order valence-corrected chi connectivity index (χ0v) is 9.96.